The predicted octanol–water partition coefficient (Wildman–Crippen LogP) is 3.68. The number of hydrogen-bond donors (Lipinski definition) is 0. The average molecular weight is 290 g/mol. The molecule has 1 aromatic rings. The molecule has 0 bridgehead atoms. The molecule has 3 heteroatoms. The summed E-state index contributed by atoms with van der Waals surface area (Å²) in [5, 5.41) is 0.864. The van der Waals surface area contributed by atoms with E-state index in [1.165, 1.54) is 5.56 Å². The van der Waals surface area contributed by atoms with Gasteiger partial charge in [-0.15, -0.1) is 0 Å². The highest BCUT2D eigenvalue weighted by Gasteiger charge is 2.23. The Morgan fingerprint density at radius 3 is 2.93 bits per heavy atom. The van der Waals surface area contributed by atoms with Gasteiger partial charge in [-0.2, -0.15) is 0 Å². The van der Waals surface area contributed by atoms with Crippen molar-refractivity contribution in [1.82, 2.24) is 0 Å². The van der Waals surface area contributed by atoms with Gasteiger partial charge in [-0.05, 0) is 30.4 Å². The van der Waals surface area contributed by atoms with Gasteiger partial charge in [0.2, 0.25) is 0 Å². The van der Waals surface area contributed by atoms with Crippen molar-refractivity contribution in [3.05, 3.63) is 34.9 Å². The van der Waals surface area contributed by atoms with E-state index in [2.05, 4.69) is 22.0 Å². The molecule has 1 aliphatic rings. The van der Waals surface area contributed by atoms with E-state index in [0.717, 1.165) is 31.1 Å². The Morgan fingerprint density at radius 2 is 2.20 bits per heavy atom. The van der Waals surface area contributed by atoms with Gasteiger partial charge in [0.05, 0.1) is 6.61 Å². The fraction of sp³-hybridized carbons (Fsp3) is 0.500. The minimum Gasteiger partial charge on any atom is -0.381 e. The minimum absolute atomic E-state index is 0.540. The molecule has 1 fully saturated rings. The summed E-state index contributed by atoms with van der Waals surface area (Å²) in [4.78, 5) is 0.558. The van der Waals surface area contributed by atoms with Gasteiger partial charge in [-0.3, -0.25) is 0 Å². The molecule has 0 aliphatic carbocycles. The second-order valence-corrected chi connectivity index (χ2v) is 5.52. The lowest BCUT2D eigenvalue weighted by molar-refractivity contribution is 0.0606. The fourth-order valence-corrected chi connectivity index (χ4v) is 2.64. The van der Waals surface area contributed by atoms with Crippen molar-refractivity contribution in [3.63, 3.8) is 0 Å². The van der Waals surface area contributed by atoms with E-state index in [1.54, 1.807) is 0 Å². The van der Waals surface area contributed by atoms with E-state index in [4.69, 9.17) is 16.3 Å². The third kappa shape index (κ3) is 2.96. The van der Waals surface area contributed by atoms with Crippen LogP contribution in [0.15, 0.2) is 24.3 Å². The van der Waals surface area contributed by atoms with Crippen LogP contribution in [0.25, 0.3) is 0 Å². The Bertz CT molecular complexity index is 329. The van der Waals surface area contributed by atoms with Crippen molar-refractivity contribution in [1.29, 1.82) is 0 Å². The molecular formula is C12H14BrClO. The number of benzene rings is 1. The maximum atomic E-state index is 6.14. The summed E-state index contributed by atoms with van der Waals surface area (Å²) < 4.78 is 5.49. The van der Waals surface area contributed by atoms with Gasteiger partial charge in [-0.1, -0.05) is 45.7 Å². The van der Waals surface area contributed by atoms with Gasteiger partial charge < -0.3 is 4.74 Å². The second-order valence-electron chi connectivity index (χ2n) is 3.94. The van der Waals surface area contributed by atoms with Crippen LogP contribution in [-0.2, 0) is 11.2 Å². The van der Waals surface area contributed by atoms with E-state index in [0.29, 0.717) is 10.7 Å². The summed E-state index contributed by atoms with van der Waals surface area (Å²) in [6.07, 6.45) is 2.09. The largest absolute Gasteiger partial charge is 0.381 e. The van der Waals surface area contributed by atoms with Crippen LogP contribution in [0.4, 0.5) is 0 Å². The normalized spacial score (nSPS) is 26.5. The predicted molar refractivity (Wildman–Crippen MR) is 66.8 cm³/mol. The SMILES string of the molecule is Clc1ccccc1CC1COCCC1Br. The maximum absolute atomic E-state index is 6.14. The highest BCUT2D eigenvalue weighted by molar-refractivity contribution is 9.09. The smallest absolute Gasteiger partial charge is 0.0508 e. The molecule has 0 radical (unpaired) electrons. The van der Waals surface area contributed by atoms with E-state index in [1.807, 2.05) is 18.2 Å². The van der Waals surface area contributed by atoms with Gasteiger partial charge in [0.15, 0.2) is 0 Å². The first kappa shape index (κ1) is 11.4. The summed E-state index contributed by atoms with van der Waals surface area (Å²) in [7, 11) is 0. The lowest BCUT2D eigenvalue weighted by Gasteiger charge is -2.27. The van der Waals surface area contributed by atoms with E-state index in [-0.39, 0.29) is 0 Å². The molecule has 1 heterocycles. The Morgan fingerprint density at radius 1 is 1.40 bits per heavy atom. The first-order chi connectivity index (χ1) is 7.27. The standard InChI is InChI=1S/C12H14BrClO/c13-11-5-6-15-8-10(11)7-9-3-1-2-4-12(9)14/h1-4,10-11H,5-8H2. The van der Waals surface area contributed by atoms with Crippen LogP contribution in [0.1, 0.15) is 12.0 Å². The van der Waals surface area contributed by atoms with Gasteiger partial charge in [0.25, 0.3) is 0 Å². The lowest BCUT2D eigenvalue weighted by atomic mass is 9.94. The lowest BCUT2D eigenvalue weighted by Crippen LogP contribution is -2.29. The Hall–Kier alpha value is -0.0500. The highest BCUT2D eigenvalue weighted by atomic mass is 79.9. The van der Waals surface area contributed by atoms with Crippen LogP contribution in [0.2, 0.25) is 5.02 Å². The third-order valence-corrected chi connectivity index (χ3v) is 4.40. The zero-order valence-electron chi connectivity index (χ0n) is 8.46. The third-order valence-electron chi connectivity index (χ3n) is 2.82. The molecule has 0 spiro atoms. The van der Waals surface area contributed by atoms with Gasteiger partial charge in [-0.25, -0.2) is 0 Å². The van der Waals surface area contributed by atoms with Crippen molar-refractivity contribution < 1.29 is 4.74 Å². The number of rotatable bonds is 2. The summed E-state index contributed by atoms with van der Waals surface area (Å²) >= 11 is 9.85. The summed E-state index contributed by atoms with van der Waals surface area (Å²) in [6, 6.07) is 8.05. The van der Waals surface area contributed by atoms with E-state index in [9.17, 15) is 0 Å². The van der Waals surface area contributed by atoms with Crippen molar-refractivity contribution >= 4 is 27.5 Å². The number of alkyl halides is 1. The van der Waals surface area contributed by atoms with Crippen LogP contribution < -0.4 is 0 Å². The molecule has 1 aliphatic heterocycles. The van der Waals surface area contributed by atoms with E-state index >= 15 is 0 Å². The molecule has 2 rings (SSSR count). The van der Waals surface area contributed by atoms with E-state index < -0.39 is 0 Å². The molecule has 2 unspecified atom stereocenters. The molecule has 15 heavy (non-hydrogen) atoms. The molecule has 0 aromatic heterocycles. The monoisotopic (exact) mass is 288 g/mol. The topological polar surface area (TPSA) is 9.23 Å². The first-order valence-corrected chi connectivity index (χ1v) is 6.52. The van der Waals surface area contributed by atoms with Crippen LogP contribution in [0.3, 0.4) is 0 Å². The summed E-state index contributed by atoms with van der Waals surface area (Å²) in [6.45, 7) is 1.70. The zero-order valence-corrected chi connectivity index (χ0v) is 10.8. The Balaban J connectivity index is 2.04. The van der Waals surface area contributed by atoms with Crippen LogP contribution in [-0.4, -0.2) is 18.0 Å². The Labute approximate surface area is 104 Å². The number of halogens is 2. The quantitative estimate of drug-likeness (QED) is 0.755. The van der Waals surface area contributed by atoms with Gasteiger partial charge in [0, 0.05) is 16.5 Å². The number of ether oxygens (including phenoxy) is 1. The molecule has 1 nitrogen and oxygen atoms in total. The summed E-state index contributed by atoms with van der Waals surface area (Å²) in [5.41, 5.74) is 1.22. The van der Waals surface area contributed by atoms with Crippen molar-refractivity contribution in [2.24, 2.45) is 5.92 Å². The van der Waals surface area contributed by atoms with Crippen LogP contribution in [0, 0.1) is 5.92 Å². The van der Waals surface area contributed by atoms with Crippen molar-refractivity contribution in [2.45, 2.75) is 17.7 Å². The molecule has 82 valence electrons. The molecule has 0 saturated carbocycles. The van der Waals surface area contributed by atoms with Gasteiger partial charge in [0.1, 0.15) is 0 Å². The van der Waals surface area contributed by atoms with Crippen molar-refractivity contribution in [3.8, 4) is 0 Å². The van der Waals surface area contributed by atoms with Crippen molar-refractivity contribution in [2.75, 3.05) is 13.2 Å². The van der Waals surface area contributed by atoms with Crippen LogP contribution >= 0.6 is 27.5 Å². The first-order valence-electron chi connectivity index (χ1n) is 5.22. The molecule has 2 atom stereocenters. The molecular weight excluding hydrogens is 275 g/mol. The molecule has 1 saturated heterocycles. The zero-order chi connectivity index (χ0) is 10.7. The fourth-order valence-electron chi connectivity index (χ4n) is 1.90. The Kier molecular flexibility index (Phi) is 4.06. The number of hydrogen-bond acceptors (Lipinski definition) is 1. The summed E-state index contributed by atoms with van der Waals surface area (Å²) in [5.74, 6) is 0.540. The highest BCUT2D eigenvalue weighted by Crippen LogP contribution is 2.27. The second kappa shape index (κ2) is 5.33. The minimum atomic E-state index is 0.540. The molecule has 0 amide bonds. The maximum Gasteiger partial charge on any atom is 0.0508 e. The van der Waals surface area contributed by atoms with Gasteiger partial charge >= 0.3 is 0 Å². The average Bonchev–Trinajstić information content (AvgIpc) is 2.24. The molecule has 1 aromatic carbocycles. The van der Waals surface area contributed by atoms with Crippen LogP contribution in [0.5, 0.6) is 0 Å². The molecule has 0 N–H and O–H groups in total.